The van der Waals surface area contributed by atoms with Crippen molar-refractivity contribution in [3.05, 3.63) is 77.5 Å². The van der Waals surface area contributed by atoms with E-state index >= 15 is 0 Å². The van der Waals surface area contributed by atoms with Crippen molar-refractivity contribution in [1.82, 2.24) is 43.6 Å². The number of aromatic nitrogens is 9. The monoisotopic (exact) mass is 893 g/mol. The molecule has 0 aromatic carbocycles. The van der Waals surface area contributed by atoms with E-state index in [-0.39, 0.29) is 77.2 Å². The first kappa shape index (κ1) is 43.5. The first-order valence-electron chi connectivity index (χ1n) is 19.0. The first-order valence-corrected chi connectivity index (χ1v) is 21.5. The molecule has 22 nitrogen and oxygen atoms in total. The second-order valence-electron chi connectivity index (χ2n) is 14.4. The first-order chi connectivity index (χ1) is 28.5. The van der Waals surface area contributed by atoms with Crippen LogP contribution in [-0.4, -0.2) is 107 Å². The zero-order chi connectivity index (χ0) is 43.3. The van der Waals surface area contributed by atoms with Gasteiger partial charge in [-0.15, -0.1) is 0 Å². The molecule has 0 saturated carbocycles. The number of aromatic amines is 3. The number of H-pyrrole nitrogens is 3. The number of thiazole rings is 3. The molecule has 7 N–H and O–H groups in total. The zero-order valence-corrected chi connectivity index (χ0v) is 35.3. The topological polar surface area (TPSA) is 312 Å². The SMILES string of the molecule is CC[C@@H]1C[C@@H](O)C(n2c(=O)sc3c(=O)[nH]c(C)nc32)O1.CC[C@H]1OC(n2c(=O)sc3c(=O)[nH]c(C)nc32)C[C@@H]1O.Cc1nc2c(sc(=O)n2C2C[C@H](O)[C@@H](CO)O2)c(=O)[nH]1. The molecule has 9 rings (SSSR count). The van der Waals surface area contributed by atoms with Crippen LogP contribution in [0.4, 0.5) is 0 Å². The maximum absolute atomic E-state index is 12.1. The molecule has 6 aromatic rings. The van der Waals surface area contributed by atoms with Gasteiger partial charge in [0.2, 0.25) is 0 Å². The van der Waals surface area contributed by atoms with Crippen LogP contribution in [0.3, 0.4) is 0 Å². The lowest BCUT2D eigenvalue weighted by atomic mass is 10.1. The van der Waals surface area contributed by atoms with Crippen molar-refractivity contribution in [1.29, 1.82) is 0 Å². The van der Waals surface area contributed by atoms with E-state index in [1.54, 1.807) is 20.8 Å². The summed E-state index contributed by atoms with van der Waals surface area (Å²) in [4.78, 5) is 91.1. The van der Waals surface area contributed by atoms with Crippen LogP contribution in [0.2, 0.25) is 0 Å². The molecule has 0 amide bonds. The van der Waals surface area contributed by atoms with Gasteiger partial charge in [0.1, 0.15) is 56.2 Å². The van der Waals surface area contributed by atoms with Gasteiger partial charge < -0.3 is 49.6 Å². The summed E-state index contributed by atoms with van der Waals surface area (Å²) >= 11 is 2.46. The minimum atomic E-state index is -0.852. The molecule has 9 atom stereocenters. The Kier molecular flexibility index (Phi) is 12.6. The van der Waals surface area contributed by atoms with Crippen LogP contribution in [0, 0.1) is 20.8 Å². The van der Waals surface area contributed by atoms with Crippen molar-refractivity contribution in [3.63, 3.8) is 0 Å². The molecule has 3 unspecified atom stereocenters. The minimum Gasteiger partial charge on any atom is -0.394 e. The molecule has 6 aromatic heterocycles. The number of hydrogen-bond donors (Lipinski definition) is 7. The number of nitrogens with one attached hydrogen (secondary N) is 3. The molecular weight excluding hydrogens is 851 g/mol. The van der Waals surface area contributed by atoms with Crippen molar-refractivity contribution in [3.8, 4) is 0 Å². The highest BCUT2D eigenvalue weighted by atomic mass is 32.1. The summed E-state index contributed by atoms with van der Waals surface area (Å²) in [7, 11) is 0. The summed E-state index contributed by atoms with van der Waals surface area (Å²) in [5.41, 5.74) is -0.174. The lowest BCUT2D eigenvalue weighted by Gasteiger charge is -2.15. The molecule has 3 aliphatic rings. The number of aliphatic hydroxyl groups is 4. The lowest BCUT2D eigenvalue weighted by molar-refractivity contribution is -0.0437. The van der Waals surface area contributed by atoms with Crippen molar-refractivity contribution >= 4 is 65.1 Å². The van der Waals surface area contributed by atoms with Crippen LogP contribution < -0.4 is 31.3 Å². The minimum absolute atomic E-state index is 0.0834. The number of hydrogen-bond acceptors (Lipinski definition) is 19. The van der Waals surface area contributed by atoms with E-state index in [1.165, 1.54) is 13.7 Å². The second-order valence-corrected chi connectivity index (χ2v) is 17.3. The number of nitrogens with zero attached hydrogens (tertiary/aromatic N) is 6. The van der Waals surface area contributed by atoms with Gasteiger partial charge in [0.05, 0.1) is 31.0 Å². The average Bonchev–Trinajstić information content (AvgIpc) is 4.03. The normalized spacial score (nSPS) is 26.4. The average molecular weight is 894 g/mol. The summed E-state index contributed by atoms with van der Waals surface area (Å²) in [6.07, 6.45) is -2.97. The number of rotatable bonds is 6. The molecular formula is C35H43N9O13S3. The highest BCUT2D eigenvalue weighted by molar-refractivity contribution is 7.16. The summed E-state index contributed by atoms with van der Waals surface area (Å²) in [6, 6.07) is 0. The Morgan fingerprint density at radius 3 is 1.35 bits per heavy atom. The van der Waals surface area contributed by atoms with Gasteiger partial charge in [-0.05, 0) is 33.6 Å². The third-order valence-electron chi connectivity index (χ3n) is 10.2. The number of aryl methyl sites for hydroxylation is 3. The maximum Gasteiger partial charge on any atom is 0.311 e. The number of fused-ring (bicyclic) bond motifs is 3. The van der Waals surface area contributed by atoms with E-state index in [0.29, 0.717) is 47.1 Å². The van der Waals surface area contributed by atoms with Gasteiger partial charge in [-0.3, -0.25) is 42.5 Å². The fourth-order valence-electron chi connectivity index (χ4n) is 7.35. The molecule has 0 spiro atoms. The Bertz CT molecular complexity index is 2780. The summed E-state index contributed by atoms with van der Waals surface area (Å²) in [5.74, 6) is 1.26. The molecule has 3 saturated heterocycles. The Morgan fingerprint density at radius 1 is 0.583 bits per heavy atom. The van der Waals surface area contributed by atoms with E-state index in [9.17, 15) is 44.1 Å². The van der Waals surface area contributed by atoms with Gasteiger partial charge in [-0.2, -0.15) is 0 Å². The molecule has 0 aliphatic carbocycles. The van der Waals surface area contributed by atoms with Crippen LogP contribution >= 0.6 is 34.0 Å². The summed E-state index contributed by atoms with van der Waals surface area (Å²) < 4.78 is 21.6. The standard InChI is InChI=1S/2C12H15N3O4S.C11H13N3O5S/c1-3-7-6(16)4-8(19-7)15-10-9(20-12(15)18)11(17)14-5(2)13-10;1-3-6-4-7(16)11(19-6)15-9-8(20-12(15)18)10(17)14-5(2)13-9;1-4-12-9-8(10(17)13-4)20-11(18)14(9)7-2-5(16)6(3-15)19-7/h6-8,16H,3-4H2,1-2H3,(H,13,14,17);6-7,11,16H,3-4H2,1-2H3,(H,13,14,17);5-7,15-16H,2-3H2,1H3,(H,12,13,17)/t6-,7+,8?;6-,7-,11?;5-,6+,7?/m010/s1. The maximum atomic E-state index is 12.1. The van der Waals surface area contributed by atoms with Gasteiger partial charge in [0, 0.05) is 19.3 Å². The second kappa shape index (κ2) is 17.4. The molecule has 60 heavy (non-hydrogen) atoms. The molecule has 0 bridgehead atoms. The summed E-state index contributed by atoms with van der Waals surface area (Å²) in [6.45, 7) is 8.47. The van der Waals surface area contributed by atoms with E-state index in [4.69, 9.17) is 19.3 Å². The van der Waals surface area contributed by atoms with Gasteiger partial charge in [0.15, 0.2) is 23.2 Å². The Balaban J connectivity index is 0.000000136. The van der Waals surface area contributed by atoms with Crippen LogP contribution in [0.1, 0.15) is 82.1 Å². The van der Waals surface area contributed by atoms with E-state index < -0.39 is 43.1 Å². The van der Waals surface area contributed by atoms with Crippen LogP contribution in [0.5, 0.6) is 0 Å². The van der Waals surface area contributed by atoms with Crippen LogP contribution in [0.25, 0.3) is 31.0 Å². The molecule has 3 fully saturated rings. The third-order valence-corrected chi connectivity index (χ3v) is 13.0. The largest absolute Gasteiger partial charge is 0.394 e. The van der Waals surface area contributed by atoms with Gasteiger partial charge in [0.25, 0.3) is 16.7 Å². The Morgan fingerprint density at radius 2 is 0.983 bits per heavy atom. The van der Waals surface area contributed by atoms with Crippen molar-refractivity contribution in [2.75, 3.05) is 6.61 Å². The predicted octanol–water partition coefficient (Wildman–Crippen LogP) is 0.122. The molecule has 324 valence electrons. The third kappa shape index (κ3) is 8.25. The quantitative estimate of drug-likeness (QED) is 0.117. The van der Waals surface area contributed by atoms with E-state index in [2.05, 4.69) is 29.9 Å². The highest BCUT2D eigenvalue weighted by Crippen LogP contribution is 2.33. The van der Waals surface area contributed by atoms with Crippen molar-refractivity contribution < 1.29 is 34.6 Å². The smallest absolute Gasteiger partial charge is 0.311 e. The number of aliphatic hydroxyl groups excluding tert-OH is 4. The van der Waals surface area contributed by atoms with Crippen LogP contribution in [0.15, 0.2) is 28.8 Å². The molecule has 9 heterocycles. The van der Waals surface area contributed by atoms with Gasteiger partial charge in [-0.25, -0.2) is 15.0 Å². The Hall–Kier alpha value is -4.57. The predicted molar refractivity (Wildman–Crippen MR) is 219 cm³/mol. The van der Waals surface area contributed by atoms with E-state index in [0.717, 1.165) is 40.4 Å². The van der Waals surface area contributed by atoms with Gasteiger partial charge >= 0.3 is 14.6 Å². The number of ether oxygens (including phenoxy) is 3. The molecule has 25 heteroatoms. The summed E-state index contributed by atoms with van der Waals surface area (Å²) in [5, 5.41) is 38.8. The molecule has 3 aliphatic heterocycles. The molecule has 0 radical (unpaired) electrons. The fourth-order valence-corrected chi connectivity index (χ4v) is 9.91. The van der Waals surface area contributed by atoms with Crippen molar-refractivity contribution in [2.45, 2.75) is 122 Å². The highest BCUT2D eigenvalue weighted by Gasteiger charge is 2.39. The van der Waals surface area contributed by atoms with Crippen LogP contribution in [-0.2, 0) is 14.2 Å². The van der Waals surface area contributed by atoms with E-state index in [1.807, 2.05) is 13.8 Å². The lowest BCUT2D eigenvalue weighted by Crippen LogP contribution is -2.27. The zero-order valence-electron chi connectivity index (χ0n) is 32.8. The van der Waals surface area contributed by atoms with Gasteiger partial charge in [-0.1, -0.05) is 47.9 Å². The Labute approximate surface area is 348 Å². The van der Waals surface area contributed by atoms with Crippen molar-refractivity contribution in [2.24, 2.45) is 0 Å². The fraction of sp³-hybridized carbons (Fsp3) is 0.571.